The molecule has 0 amide bonds. The fourth-order valence-corrected chi connectivity index (χ4v) is 3.47. The molecule has 0 atom stereocenters. The van der Waals surface area contributed by atoms with Gasteiger partial charge in [0.15, 0.2) is 0 Å². The highest BCUT2D eigenvalue weighted by molar-refractivity contribution is 9.10. The average Bonchev–Trinajstić information content (AvgIpc) is 2.58. The van der Waals surface area contributed by atoms with Crippen molar-refractivity contribution in [2.75, 3.05) is 19.5 Å². The first-order valence-electron chi connectivity index (χ1n) is 8.29. The highest BCUT2D eigenvalue weighted by atomic mass is 79.9. The van der Waals surface area contributed by atoms with Crippen LogP contribution in [0.5, 0.6) is 0 Å². The van der Waals surface area contributed by atoms with Crippen molar-refractivity contribution in [2.45, 2.75) is 32.6 Å². The Morgan fingerprint density at radius 1 is 1.35 bits per heavy atom. The van der Waals surface area contributed by atoms with E-state index in [2.05, 4.69) is 48.5 Å². The third-order valence-corrected chi connectivity index (χ3v) is 5.01. The summed E-state index contributed by atoms with van der Waals surface area (Å²) in [7, 11) is 1.36. The summed E-state index contributed by atoms with van der Waals surface area (Å²) < 4.78 is 11.2. The van der Waals surface area contributed by atoms with Crippen molar-refractivity contribution < 1.29 is 14.3 Å². The second kappa shape index (κ2) is 11.2. The van der Waals surface area contributed by atoms with Crippen LogP contribution in [-0.4, -0.2) is 25.4 Å². The first kappa shape index (κ1) is 22.4. The van der Waals surface area contributed by atoms with Crippen LogP contribution in [0.4, 0.5) is 0 Å². The van der Waals surface area contributed by atoms with Crippen LogP contribution in [0, 0.1) is 17.3 Å². The van der Waals surface area contributed by atoms with Crippen molar-refractivity contribution in [3.63, 3.8) is 0 Å². The molecule has 1 aromatic rings. The number of carbonyl (C=O) groups is 1. The van der Waals surface area contributed by atoms with Crippen molar-refractivity contribution in [1.82, 2.24) is 0 Å². The summed E-state index contributed by atoms with van der Waals surface area (Å²) in [6.45, 7) is 8.58. The van der Waals surface area contributed by atoms with Gasteiger partial charge in [-0.05, 0) is 55.8 Å². The molecule has 1 rings (SSSR count). The van der Waals surface area contributed by atoms with E-state index in [1.54, 1.807) is 11.8 Å². The van der Waals surface area contributed by atoms with Gasteiger partial charge in [-0.2, -0.15) is 0 Å². The van der Waals surface area contributed by atoms with Crippen LogP contribution in [0.2, 0.25) is 0 Å². The lowest BCUT2D eigenvalue weighted by Crippen LogP contribution is -2.06. The van der Waals surface area contributed by atoms with Gasteiger partial charge in [0.05, 0.1) is 20.0 Å². The molecule has 0 aliphatic carbocycles. The molecule has 0 unspecified atom stereocenters. The molecule has 0 aromatic heterocycles. The van der Waals surface area contributed by atoms with Crippen molar-refractivity contribution in [3.8, 4) is 11.8 Å². The number of hydrogen-bond donors (Lipinski definition) is 0. The maximum atomic E-state index is 12.2. The normalized spacial score (nSPS) is 11.8. The molecule has 0 spiro atoms. The number of benzene rings is 1. The molecule has 0 aliphatic rings. The fraction of sp³-hybridized carbons (Fsp3) is 0.381. The van der Waals surface area contributed by atoms with Gasteiger partial charge in [0.2, 0.25) is 0 Å². The molecular formula is C21H25BrO3S. The van der Waals surface area contributed by atoms with Crippen LogP contribution in [-0.2, 0) is 14.3 Å². The van der Waals surface area contributed by atoms with Crippen LogP contribution in [0.25, 0.3) is 5.57 Å². The number of thioether (sulfide) groups is 1. The second-order valence-electron chi connectivity index (χ2n) is 6.33. The van der Waals surface area contributed by atoms with Crippen LogP contribution in [0.3, 0.4) is 0 Å². The van der Waals surface area contributed by atoms with E-state index in [0.29, 0.717) is 12.2 Å². The Morgan fingerprint density at radius 3 is 2.69 bits per heavy atom. The van der Waals surface area contributed by atoms with E-state index in [1.165, 1.54) is 13.4 Å². The Bertz CT molecular complexity index is 734. The molecule has 0 heterocycles. The van der Waals surface area contributed by atoms with Gasteiger partial charge >= 0.3 is 5.97 Å². The molecule has 3 nitrogen and oxygen atoms in total. The highest BCUT2D eigenvalue weighted by Gasteiger charge is 2.18. The van der Waals surface area contributed by atoms with E-state index >= 15 is 0 Å². The van der Waals surface area contributed by atoms with E-state index in [1.807, 2.05) is 37.3 Å². The lowest BCUT2D eigenvalue weighted by molar-refractivity contribution is -0.133. The molecule has 26 heavy (non-hydrogen) atoms. The van der Waals surface area contributed by atoms with E-state index in [4.69, 9.17) is 9.47 Å². The quantitative estimate of drug-likeness (QED) is 0.180. The largest absolute Gasteiger partial charge is 0.501 e. The molecule has 0 radical (unpaired) electrons. The number of hydrogen-bond acceptors (Lipinski definition) is 4. The number of esters is 1. The van der Waals surface area contributed by atoms with Crippen LogP contribution >= 0.6 is 27.7 Å². The number of methoxy groups -OCH3 is 1. The van der Waals surface area contributed by atoms with Crippen LogP contribution < -0.4 is 0 Å². The van der Waals surface area contributed by atoms with Crippen molar-refractivity contribution in [2.24, 2.45) is 5.41 Å². The smallest absolute Gasteiger partial charge is 0.341 e. The minimum atomic E-state index is -0.426. The van der Waals surface area contributed by atoms with Crippen molar-refractivity contribution in [3.05, 3.63) is 46.6 Å². The monoisotopic (exact) mass is 436 g/mol. The van der Waals surface area contributed by atoms with Crippen molar-refractivity contribution in [1.29, 1.82) is 0 Å². The molecule has 0 fully saturated rings. The second-order valence-corrected chi connectivity index (χ2v) is 8.21. The lowest BCUT2D eigenvalue weighted by Gasteiger charge is -2.12. The molecule has 1 aromatic carbocycles. The molecule has 0 saturated heterocycles. The molecule has 0 bridgehead atoms. The molecule has 5 heteroatoms. The van der Waals surface area contributed by atoms with E-state index in [0.717, 1.165) is 20.7 Å². The van der Waals surface area contributed by atoms with Gasteiger partial charge in [0, 0.05) is 26.1 Å². The first-order valence-corrected chi connectivity index (χ1v) is 10.1. The third-order valence-electron chi connectivity index (χ3n) is 3.00. The van der Waals surface area contributed by atoms with E-state index in [-0.39, 0.29) is 5.41 Å². The Kier molecular flexibility index (Phi) is 9.61. The number of carbonyl (C=O) groups excluding carboxylic acids is 1. The standard InChI is InChI=1S/C21H25BrO3S/c1-6-25-15-17(20(23)24-5)16-11-10-12-18(22)19(16)26-14-9-7-8-13-21(2,3)4/h7,9-12,15H,6,14H2,1-5H3/b9-7+,17-15+. The van der Waals surface area contributed by atoms with Crippen molar-refractivity contribution >= 4 is 39.2 Å². The maximum Gasteiger partial charge on any atom is 0.341 e. The minimum Gasteiger partial charge on any atom is -0.501 e. The number of rotatable bonds is 7. The van der Waals surface area contributed by atoms with Gasteiger partial charge in [-0.25, -0.2) is 4.79 Å². The Labute approximate surface area is 169 Å². The Morgan fingerprint density at radius 2 is 2.08 bits per heavy atom. The zero-order valence-electron chi connectivity index (χ0n) is 15.9. The molecular weight excluding hydrogens is 412 g/mol. The maximum absolute atomic E-state index is 12.2. The van der Waals surface area contributed by atoms with Crippen LogP contribution in [0.15, 0.2) is 46.0 Å². The summed E-state index contributed by atoms with van der Waals surface area (Å²) in [4.78, 5) is 13.1. The molecule has 140 valence electrons. The molecule has 0 aliphatic heterocycles. The summed E-state index contributed by atoms with van der Waals surface area (Å²) in [5, 5.41) is 0. The summed E-state index contributed by atoms with van der Waals surface area (Å²) in [6.07, 6.45) is 5.34. The SMILES string of the molecule is CCO/C=C(/C(=O)OC)c1cccc(Br)c1SC/C=C/C#CC(C)(C)C. The minimum absolute atomic E-state index is 0.00734. The predicted molar refractivity (Wildman–Crippen MR) is 113 cm³/mol. The van der Waals surface area contributed by atoms with Gasteiger partial charge < -0.3 is 9.47 Å². The Balaban J connectivity index is 3.03. The first-order chi connectivity index (χ1) is 12.3. The topological polar surface area (TPSA) is 35.5 Å². The highest BCUT2D eigenvalue weighted by Crippen LogP contribution is 2.35. The van der Waals surface area contributed by atoms with E-state index < -0.39 is 5.97 Å². The van der Waals surface area contributed by atoms with Gasteiger partial charge in [-0.3, -0.25) is 0 Å². The average molecular weight is 437 g/mol. The summed E-state index contributed by atoms with van der Waals surface area (Å²) in [5.74, 6) is 6.53. The fourth-order valence-electron chi connectivity index (χ4n) is 1.86. The number of allylic oxidation sites excluding steroid dienone is 1. The van der Waals surface area contributed by atoms with Gasteiger partial charge in [0.1, 0.15) is 5.57 Å². The predicted octanol–water partition coefficient (Wildman–Crippen LogP) is 5.70. The Hall–Kier alpha value is -1.64. The van der Waals surface area contributed by atoms with Gasteiger partial charge in [-0.1, -0.05) is 30.0 Å². The third kappa shape index (κ3) is 7.72. The number of ether oxygens (including phenoxy) is 2. The van der Waals surface area contributed by atoms with Crippen LogP contribution in [0.1, 0.15) is 33.3 Å². The summed E-state index contributed by atoms with van der Waals surface area (Å²) in [5.41, 5.74) is 1.17. The lowest BCUT2D eigenvalue weighted by atomic mass is 9.98. The molecule has 0 N–H and O–H groups in total. The zero-order valence-corrected chi connectivity index (χ0v) is 18.3. The van der Waals surface area contributed by atoms with Gasteiger partial charge in [0.25, 0.3) is 0 Å². The zero-order chi connectivity index (χ0) is 19.6. The summed E-state index contributed by atoms with van der Waals surface area (Å²) >= 11 is 5.19. The van der Waals surface area contributed by atoms with Gasteiger partial charge in [-0.15, -0.1) is 11.8 Å². The molecule has 0 saturated carbocycles. The number of halogens is 1. The van der Waals surface area contributed by atoms with E-state index in [9.17, 15) is 4.79 Å². The summed E-state index contributed by atoms with van der Waals surface area (Å²) in [6, 6.07) is 5.72.